The van der Waals surface area contributed by atoms with Crippen molar-refractivity contribution in [2.45, 2.75) is 6.42 Å². The molecular formula is C6H14N2O2. The van der Waals surface area contributed by atoms with Crippen molar-refractivity contribution in [3.8, 4) is 0 Å². The Balaban J connectivity index is 3.05. The summed E-state index contributed by atoms with van der Waals surface area (Å²) in [7, 11) is 1.71. The van der Waals surface area contributed by atoms with E-state index in [2.05, 4.69) is 10.6 Å². The van der Waals surface area contributed by atoms with Crippen LogP contribution in [-0.2, 0) is 4.79 Å². The van der Waals surface area contributed by atoms with Gasteiger partial charge in [0, 0.05) is 13.2 Å². The smallest absolute Gasteiger partial charge is 0.233 e. The quantitative estimate of drug-likeness (QED) is 0.423. The monoisotopic (exact) mass is 146 g/mol. The lowest BCUT2D eigenvalue weighted by molar-refractivity contribution is -0.120. The van der Waals surface area contributed by atoms with Gasteiger partial charge in [0.2, 0.25) is 5.91 Å². The molecule has 3 N–H and O–H groups in total. The minimum Gasteiger partial charge on any atom is -0.396 e. The van der Waals surface area contributed by atoms with Crippen LogP contribution in [0.2, 0.25) is 0 Å². The van der Waals surface area contributed by atoms with Gasteiger partial charge in [-0.05, 0) is 13.5 Å². The lowest BCUT2D eigenvalue weighted by Crippen LogP contribution is -2.32. The van der Waals surface area contributed by atoms with Crippen LogP contribution in [-0.4, -0.2) is 37.8 Å². The molecule has 1 amide bonds. The molecule has 0 aliphatic rings. The number of amides is 1. The molecule has 0 atom stereocenters. The van der Waals surface area contributed by atoms with Crippen molar-refractivity contribution in [3.05, 3.63) is 0 Å². The third-order valence-electron chi connectivity index (χ3n) is 0.994. The molecule has 0 rings (SSSR count). The number of hydrogen-bond acceptors (Lipinski definition) is 3. The molecule has 0 unspecified atom stereocenters. The first-order valence-corrected chi connectivity index (χ1v) is 3.33. The highest BCUT2D eigenvalue weighted by molar-refractivity contribution is 5.77. The van der Waals surface area contributed by atoms with E-state index in [4.69, 9.17) is 5.11 Å². The molecule has 0 saturated heterocycles. The molecule has 0 aliphatic carbocycles. The number of aliphatic hydroxyl groups is 1. The van der Waals surface area contributed by atoms with Crippen molar-refractivity contribution in [3.63, 3.8) is 0 Å². The van der Waals surface area contributed by atoms with Gasteiger partial charge < -0.3 is 15.7 Å². The molecule has 4 heteroatoms. The number of carbonyl (C=O) groups excluding carboxylic acids is 1. The van der Waals surface area contributed by atoms with E-state index in [-0.39, 0.29) is 12.5 Å². The highest BCUT2D eigenvalue weighted by Gasteiger charge is 1.95. The van der Waals surface area contributed by atoms with Gasteiger partial charge in [-0.15, -0.1) is 0 Å². The van der Waals surface area contributed by atoms with Crippen LogP contribution < -0.4 is 10.6 Å². The Morgan fingerprint density at radius 1 is 1.60 bits per heavy atom. The lowest BCUT2D eigenvalue weighted by Gasteiger charge is -2.01. The maximum Gasteiger partial charge on any atom is 0.233 e. The summed E-state index contributed by atoms with van der Waals surface area (Å²) in [6.07, 6.45) is 0.620. The Morgan fingerprint density at radius 3 is 2.80 bits per heavy atom. The van der Waals surface area contributed by atoms with Crippen molar-refractivity contribution in [1.82, 2.24) is 10.6 Å². The molecule has 0 aromatic heterocycles. The summed E-state index contributed by atoms with van der Waals surface area (Å²) in [4.78, 5) is 10.7. The van der Waals surface area contributed by atoms with Crippen molar-refractivity contribution in [2.24, 2.45) is 0 Å². The Labute approximate surface area is 60.6 Å². The second-order valence-electron chi connectivity index (χ2n) is 1.96. The third kappa shape index (κ3) is 5.53. The average molecular weight is 146 g/mol. The fourth-order valence-corrected chi connectivity index (χ4v) is 0.530. The van der Waals surface area contributed by atoms with Crippen LogP contribution in [0.4, 0.5) is 0 Å². The van der Waals surface area contributed by atoms with Crippen LogP contribution in [0.5, 0.6) is 0 Å². The molecule has 0 heterocycles. The van der Waals surface area contributed by atoms with Gasteiger partial charge in [0.1, 0.15) is 0 Å². The van der Waals surface area contributed by atoms with E-state index in [9.17, 15) is 4.79 Å². The van der Waals surface area contributed by atoms with E-state index in [0.29, 0.717) is 19.5 Å². The summed E-state index contributed by atoms with van der Waals surface area (Å²) in [6.45, 7) is 1.02. The van der Waals surface area contributed by atoms with E-state index in [1.165, 1.54) is 0 Å². The number of aliphatic hydroxyl groups excluding tert-OH is 1. The van der Waals surface area contributed by atoms with E-state index < -0.39 is 0 Å². The normalized spacial score (nSPS) is 9.40. The van der Waals surface area contributed by atoms with E-state index in [0.717, 1.165) is 0 Å². The first kappa shape index (κ1) is 9.39. The van der Waals surface area contributed by atoms with Crippen molar-refractivity contribution in [2.75, 3.05) is 26.7 Å². The summed E-state index contributed by atoms with van der Waals surface area (Å²) in [6, 6.07) is 0. The predicted molar refractivity (Wildman–Crippen MR) is 38.6 cm³/mol. The van der Waals surface area contributed by atoms with Crippen LogP contribution in [0.15, 0.2) is 0 Å². The first-order valence-electron chi connectivity index (χ1n) is 3.33. The summed E-state index contributed by atoms with van der Waals surface area (Å²) >= 11 is 0. The summed E-state index contributed by atoms with van der Waals surface area (Å²) in [5.41, 5.74) is 0. The molecule has 4 nitrogen and oxygen atoms in total. The van der Waals surface area contributed by atoms with Gasteiger partial charge in [-0.2, -0.15) is 0 Å². The zero-order chi connectivity index (χ0) is 7.82. The molecule has 0 radical (unpaired) electrons. The topological polar surface area (TPSA) is 61.4 Å². The maximum atomic E-state index is 10.7. The number of rotatable bonds is 5. The predicted octanol–water partition coefficient (Wildman–Crippen LogP) is -1.30. The average Bonchev–Trinajstić information content (AvgIpc) is 1.89. The number of likely N-dealkylation sites (N-methyl/N-ethyl adjacent to an activating group) is 1. The van der Waals surface area contributed by atoms with Crippen LogP contribution in [0.25, 0.3) is 0 Å². The molecule has 0 aromatic rings. The van der Waals surface area contributed by atoms with Crippen LogP contribution in [0, 0.1) is 0 Å². The highest BCUT2D eigenvalue weighted by Crippen LogP contribution is 1.71. The Kier molecular flexibility index (Phi) is 6.11. The first-order chi connectivity index (χ1) is 4.81. The van der Waals surface area contributed by atoms with Gasteiger partial charge >= 0.3 is 0 Å². The molecule has 0 aliphatic heterocycles. The summed E-state index contributed by atoms with van der Waals surface area (Å²) < 4.78 is 0. The number of nitrogens with one attached hydrogen (secondary N) is 2. The fourth-order valence-electron chi connectivity index (χ4n) is 0.530. The van der Waals surface area contributed by atoms with Gasteiger partial charge in [0.05, 0.1) is 6.54 Å². The van der Waals surface area contributed by atoms with Gasteiger partial charge in [0.15, 0.2) is 0 Å². The molecule has 0 saturated carbocycles. The largest absolute Gasteiger partial charge is 0.396 e. The van der Waals surface area contributed by atoms with Crippen molar-refractivity contribution in [1.29, 1.82) is 0 Å². The maximum absolute atomic E-state index is 10.7. The van der Waals surface area contributed by atoms with Crippen LogP contribution in [0.1, 0.15) is 6.42 Å². The van der Waals surface area contributed by atoms with Gasteiger partial charge in [-0.1, -0.05) is 0 Å². The SMILES string of the molecule is CNCC(=O)NCCCO. The molecular weight excluding hydrogens is 132 g/mol. The summed E-state index contributed by atoms with van der Waals surface area (Å²) in [5.74, 6) is -0.0315. The second-order valence-corrected chi connectivity index (χ2v) is 1.96. The highest BCUT2D eigenvalue weighted by atomic mass is 16.3. The zero-order valence-corrected chi connectivity index (χ0v) is 6.18. The molecule has 60 valence electrons. The Hall–Kier alpha value is -0.610. The lowest BCUT2D eigenvalue weighted by atomic mass is 10.4. The fraction of sp³-hybridized carbons (Fsp3) is 0.833. The van der Waals surface area contributed by atoms with Crippen LogP contribution in [0.3, 0.4) is 0 Å². The van der Waals surface area contributed by atoms with Gasteiger partial charge in [-0.3, -0.25) is 4.79 Å². The minimum atomic E-state index is -0.0315. The molecule has 0 aromatic carbocycles. The van der Waals surface area contributed by atoms with Crippen molar-refractivity contribution >= 4 is 5.91 Å². The van der Waals surface area contributed by atoms with E-state index >= 15 is 0 Å². The van der Waals surface area contributed by atoms with Crippen LogP contribution >= 0.6 is 0 Å². The standard InChI is InChI=1S/C6H14N2O2/c1-7-5-6(10)8-3-2-4-9/h7,9H,2-5H2,1H3,(H,8,10). The Morgan fingerprint density at radius 2 is 2.30 bits per heavy atom. The van der Waals surface area contributed by atoms with Gasteiger partial charge in [-0.25, -0.2) is 0 Å². The molecule has 10 heavy (non-hydrogen) atoms. The molecule has 0 fully saturated rings. The number of hydrogen-bond donors (Lipinski definition) is 3. The third-order valence-corrected chi connectivity index (χ3v) is 0.994. The van der Waals surface area contributed by atoms with E-state index in [1.54, 1.807) is 7.05 Å². The van der Waals surface area contributed by atoms with Crippen molar-refractivity contribution < 1.29 is 9.90 Å². The summed E-state index contributed by atoms with van der Waals surface area (Å²) in [5, 5.41) is 13.7. The molecule has 0 spiro atoms. The number of carbonyl (C=O) groups is 1. The zero-order valence-electron chi connectivity index (χ0n) is 6.18. The van der Waals surface area contributed by atoms with Gasteiger partial charge in [0.25, 0.3) is 0 Å². The van der Waals surface area contributed by atoms with E-state index in [1.807, 2.05) is 0 Å². The Bertz CT molecular complexity index is 95.7. The molecule has 0 bridgehead atoms. The second kappa shape index (κ2) is 6.51. The minimum absolute atomic E-state index is 0.0315.